The average molecular weight is 618 g/mol. The van der Waals surface area contributed by atoms with Gasteiger partial charge in [-0.25, -0.2) is 15.0 Å². The molecule has 0 spiro atoms. The zero-order valence-electron chi connectivity index (χ0n) is 26.1. The van der Waals surface area contributed by atoms with Crippen molar-refractivity contribution in [1.82, 2.24) is 15.0 Å². The number of allylic oxidation sites excluding steroid dienone is 4. The third-order valence-electron chi connectivity index (χ3n) is 8.82. The molecular weight excluding hydrogens is 590 g/mol. The maximum absolute atomic E-state index is 9.65. The van der Waals surface area contributed by atoms with Gasteiger partial charge in [0, 0.05) is 33.0 Å². The Balaban J connectivity index is 1.33. The second-order valence-electron chi connectivity index (χ2n) is 12.0. The Labute approximate surface area is 277 Å². The highest BCUT2D eigenvalue weighted by atomic mass is 16.3. The van der Waals surface area contributed by atoms with Crippen LogP contribution < -0.4 is 0 Å². The van der Waals surface area contributed by atoms with Gasteiger partial charge in [0.1, 0.15) is 11.2 Å². The number of nitrogens with zero attached hydrogens (tertiary/aromatic N) is 5. The predicted octanol–water partition coefficient (Wildman–Crippen LogP) is 10.2. The second kappa shape index (κ2) is 11.9. The van der Waals surface area contributed by atoms with Crippen molar-refractivity contribution < 1.29 is 4.42 Å². The predicted molar refractivity (Wildman–Crippen MR) is 189 cm³/mol. The van der Waals surface area contributed by atoms with Crippen molar-refractivity contribution in [2.75, 3.05) is 0 Å². The molecule has 0 radical (unpaired) electrons. The molecule has 5 aromatic carbocycles. The van der Waals surface area contributed by atoms with Crippen molar-refractivity contribution >= 4 is 27.5 Å². The van der Waals surface area contributed by atoms with Gasteiger partial charge in [-0.3, -0.25) is 0 Å². The third kappa shape index (κ3) is 5.22. The number of rotatable bonds is 5. The monoisotopic (exact) mass is 617 g/mol. The minimum absolute atomic E-state index is 0.285. The van der Waals surface area contributed by atoms with E-state index in [1.807, 2.05) is 78.9 Å². The van der Waals surface area contributed by atoms with E-state index in [1.54, 1.807) is 12.1 Å². The molecule has 6 heteroatoms. The van der Waals surface area contributed by atoms with Crippen LogP contribution in [0.1, 0.15) is 30.3 Å². The first kappa shape index (κ1) is 28.8. The van der Waals surface area contributed by atoms with Crippen LogP contribution in [0.15, 0.2) is 132 Å². The van der Waals surface area contributed by atoms with Crippen molar-refractivity contribution in [1.29, 1.82) is 10.5 Å². The summed E-state index contributed by atoms with van der Waals surface area (Å²) in [5.74, 6) is 2.14. The van der Waals surface area contributed by atoms with Crippen LogP contribution in [0.3, 0.4) is 0 Å². The summed E-state index contributed by atoms with van der Waals surface area (Å²) in [4.78, 5) is 14.9. The highest BCUT2D eigenvalue weighted by Gasteiger charge is 2.20. The quantitative estimate of drug-likeness (QED) is 0.191. The van der Waals surface area contributed by atoms with Crippen LogP contribution in [-0.4, -0.2) is 15.0 Å². The van der Waals surface area contributed by atoms with Gasteiger partial charge < -0.3 is 4.42 Å². The summed E-state index contributed by atoms with van der Waals surface area (Å²) < 4.78 is 6.66. The highest BCUT2D eigenvalue weighted by molar-refractivity contribution is 6.12. The molecule has 7 aromatic rings. The first-order valence-electron chi connectivity index (χ1n) is 15.8. The van der Waals surface area contributed by atoms with Crippen molar-refractivity contribution in [2.24, 2.45) is 5.92 Å². The lowest BCUT2D eigenvalue weighted by molar-refractivity contribution is 0.670. The molecule has 226 valence electrons. The van der Waals surface area contributed by atoms with Gasteiger partial charge in [0.05, 0.1) is 23.3 Å². The molecule has 0 saturated carbocycles. The molecule has 0 bridgehead atoms. The van der Waals surface area contributed by atoms with Gasteiger partial charge >= 0.3 is 0 Å². The lowest BCUT2D eigenvalue weighted by Crippen LogP contribution is -2.08. The van der Waals surface area contributed by atoms with Gasteiger partial charge in [-0.05, 0) is 77.6 Å². The Morgan fingerprint density at radius 1 is 0.625 bits per heavy atom. The normalized spacial score (nSPS) is 14.1. The van der Waals surface area contributed by atoms with Crippen LogP contribution in [0.5, 0.6) is 0 Å². The van der Waals surface area contributed by atoms with Gasteiger partial charge in [-0.1, -0.05) is 85.8 Å². The molecule has 6 nitrogen and oxygen atoms in total. The molecule has 2 aromatic heterocycles. The molecule has 2 heterocycles. The lowest BCUT2D eigenvalue weighted by atomic mass is 9.92. The number of fused-ring (bicyclic) bond motifs is 3. The van der Waals surface area contributed by atoms with E-state index >= 15 is 0 Å². The molecular formula is C42H27N5O. The van der Waals surface area contributed by atoms with E-state index in [9.17, 15) is 10.5 Å². The van der Waals surface area contributed by atoms with E-state index in [4.69, 9.17) is 19.4 Å². The minimum atomic E-state index is 0.285. The fourth-order valence-corrected chi connectivity index (χ4v) is 6.31. The SMILES string of the molecule is CC1CC=CC=C1c1nc(-c2ccccc2)nc(-c2ccc3c(c2)oc2c(-c4cccc(C#N)c4)cc(-c4cccc(C#N)c4)cc23)n1. The van der Waals surface area contributed by atoms with Crippen molar-refractivity contribution in [2.45, 2.75) is 13.3 Å². The minimum Gasteiger partial charge on any atom is -0.455 e. The smallest absolute Gasteiger partial charge is 0.164 e. The van der Waals surface area contributed by atoms with Gasteiger partial charge in [0.15, 0.2) is 17.5 Å². The van der Waals surface area contributed by atoms with Gasteiger partial charge in [0.2, 0.25) is 0 Å². The van der Waals surface area contributed by atoms with E-state index in [0.29, 0.717) is 39.8 Å². The molecule has 1 aliphatic carbocycles. The van der Waals surface area contributed by atoms with E-state index in [1.165, 1.54) is 0 Å². The standard InChI is InChI=1S/C42H27N5O/c1-26-9-5-6-16-34(26)42-46-40(29-12-3-2-4-13-29)45-41(47-42)32-17-18-35-37-22-33(30-14-7-10-27(19-30)24-43)21-36(39(37)48-38(35)23-32)31-15-8-11-28(20-31)25-44/h2-8,10-23,26H,9H2,1H3. The Kier molecular flexibility index (Phi) is 7.17. The van der Waals surface area contributed by atoms with E-state index in [0.717, 1.165) is 56.1 Å². The summed E-state index contributed by atoms with van der Waals surface area (Å²) in [6.07, 6.45) is 7.26. The third-order valence-corrected chi connectivity index (χ3v) is 8.82. The van der Waals surface area contributed by atoms with Gasteiger partial charge in [0.25, 0.3) is 0 Å². The summed E-state index contributed by atoms with van der Waals surface area (Å²) in [5.41, 5.74) is 8.98. The highest BCUT2D eigenvalue weighted by Crippen LogP contribution is 2.41. The Hall–Kier alpha value is -6.63. The van der Waals surface area contributed by atoms with Crippen molar-refractivity contribution in [3.8, 4) is 57.2 Å². The summed E-state index contributed by atoms with van der Waals surface area (Å²) in [5, 5.41) is 21.1. The Morgan fingerprint density at radius 2 is 1.31 bits per heavy atom. The number of hydrogen-bond donors (Lipinski definition) is 0. The van der Waals surface area contributed by atoms with Crippen LogP contribution in [0, 0.1) is 28.6 Å². The zero-order valence-corrected chi connectivity index (χ0v) is 26.1. The summed E-state index contributed by atoms with van der Waals surface area (Å²) in [6, 6.07) is 39.8. The lowest BCUT2D eigenvalue weighted by Gasteiger charge is -2.17. The van der Waals surface area contributed by atoms with Crippen molar-refractivity contribution in [3.05, 3.63) is 144 Å². The molecule has 0 fully saturated rings. The Morgan fingerprint density at radius 3 is 2.06 bits per heavy atom. The maximum Gasteiger partial charge on any atom is 0.164 e. The van der Waals surface area contributed by atoms with Gasteiger partial charge in [-0.15, -0.1) is 0 Å². The number of aromatic nitrogens is 3. The van der Waals surface area contributed by atoms with Crippen LogP contribution >= 0.6 is 0 Å². The topological polar surface area (TPSA) is 99.4 Å². The Bertz CT molecular complexity index is 2530. The number of nitriles is 2. The van der Waals surface area contributed by atoms with E-state index in [2.05, 4.69) is 55.5 Å². The van der Waals surface area contributed by atoms with E-state index in [-0.39, 0.29) is 5.92 Å². The molecule has 0 amide bonds. The van der Waals surface area contributed by atoms with Crippen LogP contribution in [0.4, 0.5) is 0 Å². The fraction of sp³-hybridized carbons (Fsp3) is 0.0714. The average Bonchev–Trinajstić information content (AvgIpc) is 3.52. The largest absolute Gasteiger partial charge is 0.455 e. The van der Waals surface area contributed by atoms with Gasteiger partial charge in [-0.2, -0.15) is 10.5 Å². The molecule has 0 aliphatic heterocycles. The number of benzene rings is 5. The molecule has 1 unspecified atom stereocenters. The van der Waals surface area contributed by atoms with Crippen LogP contribution in [0.2, 0.25) is 0 Å². The summed E-state index contributed by atoms with van der Waals surface area (Å²) in [6.45, 7) is 2.19. The molecule has 1 atom stereocenters. The molecule has 1 aliphatic rings. The first-order chi connectivity index (χ1) is 23.6. The van der Waals surface area contributed by atoms with Crippen LogP contribution in [-0.2, 0) is 0 Å². The van der Waals surface area contributed by atoms with Crippen LogP contribution in [0.25, 0.3) is 72.5 Å². The van der Waals surface area contributed by atoms with Crippen molar-refractivity contribution in [3.63, 3.8) is 0 Å². The summed E-state index contributed by atoms with van der Waals surface area (Å²) >= 11 is 0. The molecule has 0 N–H and O–H groups in total. The van der Waals surface area contributed by atoms with E-state index < -0.39 is 0 Å². The first-order valence-corrected chi connectivity index (χ1v) is 15.8. The summed E-state index contributed by atoms with van der Waals surface area (Å²) in [7, 11) is 0. The molecule has 8 rings (SSSR count). The maximum atomic E-state index is 9.65. The second-order valence-corrected chi connectivity index (χ2v) is 12.0. The fourth-order valence-electron chi connectivity index (χ4n) is 6.31. The molecule has 48 heavy (non-hydrogen) atoms. The number of hydrogen-bond acceptors (Lipinski definition) is 6. The molecule has 0 saturated heterocycles. The number of furan rings is 1. The zero-order chi connectivity index (χ0) is 32.6.